The number of hydrogen-bond acceptors (Lipinski definition) is 1. The molecule has 0 rings (SSSR count). The highest BCUT2D eigenvalue weighted by Crippen LogP contribution is 2.36. The molecule has 0 amide bonds. The minimum atomic E-state index is -2.74. The van der Waals surface area contributed by atoms with Crippen LogP contribution in [0.2, 0.25) is 0 Å². The van der Waals surface area contributed by atoms with Gasteiger partial charge in [0, 0.05) is 12.8 Å². The van der Waals surface area contributed by atoms with Gasteiger partial charge in [-0.25, -0.2) is 0 Å². The molecule has 0 aromatic heterocycles. The Morgan fingerprint density at radius 3 is 2.42 bits per heavy atom. The second kappa shape index (κ2) is 5.77. The highest BCUT2D eigenvalue weighted by atomic mass is 31.2. The predicted octanol–water partition coefficient (Wildman–Crippen LogP) is 3.10. The fourth-order valence-electron chi connectivity index (χ4n) is 1.37. The third-order valence-electron chi connectivity index (χ3n) is 2.05. The summed E-state index contributed by atoms with van der Waals surface area (Å²) in [4.78, 5) is 9.02. The van der Waals surface area contributed by atoms with Crippen molar-refractivity contribution in [3.05, 3.63) is 0 Å². The lowest BCUT2D eigenvalue weighted by atomic mass is 10.0. The molecule has 0 aliphatic heterocycles. The Balaban J connectivity index is 3.37. The van der Waals surface area contributed by atoms with Gasteiger partial charge in [0.1, 0.15) is 0 Å². The standard InChI is InChI=1S/C9H21O2P/c1-4-6-9(2)7-5-8-12(3,10)11/h9H,4-8H2,1-3H3,(H,10,11). The van der Waals surface area contributed by atoms with Gasteiger partial charge in [0.2, 0.25) is 0 Å². The minimum absolute atomic E-state index is 0.487. The van der Waals surface area contributed by atoms with Crippen molar-refractivity contribution in [2.45, 2.75) is 39.5 Å². The van der Waals surface area contributed by atoms with Crippen LogP contribution in [-0.2, 0) is 4.57 Å². The van der Waals surface area contributed by atoms with Gasteiger partial charge in [-0.2, -0.15) is 0 Å². The van der Waals surface area contributed by atoms with Gasteiger partial charge in [-0.15, -0.1) is 0 Å². The van der Waals surface area contributed by atoms with Gasteiger partial charge in [0.15, 0.2) is 7.37 Å². The molecule has 3 heteroatoms. The van der Waals surface area contributed by atoms with E-state index in [9.17, 15) is 4.57 Å². The third-order valence-corrected chi connectivity index (χ3v) is 3.20. The Kier molecular flexibility index (Phi) is 5.86. The van der Waals surface area contributed by atoms with Gasteiger partial charge in [0.25, 0.3) is 0 Å². The van der Waals surface area contributed by atoms with Gasteiger partial charge < -0.3 is 4.89 Å². The van der Waals surface area contributed by atoms with E-state index in [1.165, 1.54) is 19.5 Å². The van der Waals surface area contributed by atoms with Crippen molar-refractivity contribution in [1.29, 1.82) is 0 Å². The van der Waals surface area contributed by atoms with Crippen molar-refractivity contribution in [3.63, 3.8) is 0 Å². The molecule has 1 N–H and O–H groups in total. The van der Waals surface area contributed by atoms with Crippen molar-refractivity contribution in [2.75, 3.05) is 12.8 Å². The summed E-state index contributed by atoms with van der Waals surface area (Å²) in [6, 6.07) is 0. The highest BCUT2D eigenvalue weighted by Gasteiger charge is 2.09. The molecule has 0 saturated heterocycles. The van der Waals surface area contributed by atoms with E-state index in [0.717, 1.165) is 12.8 Å². The van der Waals surface area contributed by atoms with Gasteiger partial charge in [-0.05, 0) is 12.3 Å². The van der Waals surface area contributed by atoms with Crippen molar-refractivity contribution in [3.8, 4) is 0 Å². The van der Waals surface area contributed by atoms with Crippen molar-refractivity contribution < 1.29 is 9.46 Å². The molecule has 0 aromatic carbocycles. The maximum atomic E-state index is 10.9. The molecule has 0 aromatic rings. The molecule has 0 radical (unpaired) electrons. The smallest absolute Gasteiger partial charge is 0.197 e. The van der Waals surface area contributed by atoms with Crippen LogP contribution in [0.15, 0.2) is 0 Å². The summed E-state index contributed by atoms with van der Waals surface area (Å²) < 4.78 is 10.9. The zero-order valence-corrected chi connectivity index (χ0v) is 9.31. The molecule has 2 nitrogen and oxygen atoms in total. The first-order valence-electron chi connectivity index (χ1n) is 4.75. The van der Waals surface area contributed by atoms with Crippen LogP contribution in [0.4, 0.5) is 0 Å². The first-order valence-corrected chi connectivity index (χ1v) is 7.04. The lowest BCUT2D eigenvalue weighted by molar-refractivity contribution is 0.459. The average molecular weight is 192 g/mol. The summed E-state index contributed by atoms with van der Waals surface area (Å²) in [5.74, 6) is 0.710. The van der Waals surface area contributed by atoms with Gasteiger partial charge in [-0.1, -0.05) is 33.1 Å². The molecule has 74 valence electrons. The van der Waals surface area contributed by atoms with E-state index in [1.54, 1.807) is 0 Å². The first-order chi connectivity index (χ1) is 5.45. The Hall–Kier alpha value is 0.190. The van der Waals surface area contributed by atoms with E-state index in [0.29, 0.717) is 12.1 Å². The summed E-state index contributed by atoms with van der Waals surface area (Å²) in [5.41, 5.74) is 0. The zero-order valence-electron chi connectivity index (χ0n) is 8.42. The van der Waals surface area contributed by atoms with Crippen LogP contribution < -0.4 is 0 Å². The highest BCUT2D eigenvalue weighted by molar-refractivity contribution is 7.57. The molecule has 0 saturated carbocycles. The van der Waals surface area contributed by atoms with E-state index in [2.05, 4.69) is 13.8 Å². The van der Waals surface area contributed by atoms with Crippen molar-refractivity contribution >= 4 is 7.37 Å². The lowest BCUT2D eigenvalue weighted by Gasteiger charge is -2.10. The molecule has 0 heterocycles. The van der Waals surface area contributed by atoms with Crippen LogP contribution in [0.3, 0.4) is 0 Å². The lowest BCUT2D eigenvalue weighted by Crippen LogP contribution is -1.96. The normalized spacial score (nSPS) is 18.7. The third kappa shape index (κ3) is 8.29. The fourth-order valence-corrected chi connectivity index (χ4v) is 2.14. The zero-order chi connectivity index (χ0) is 9.61. The first kappa shape index (κ1) is 12.2. The number of rotatable bonds is 6. The van der Waals surface area contributed by atoms with E-state index in [1.807, 2.05) is 0 Å². The summed E-state index contributed by atoms with van der Waals surface area (Å²) >= 11 is 0. The Morgan fingerprint density at radius 1 is 1.42 bits per heavy atom. The van der Waals surface area contributed by atoms with Crippen LogP contribution >= 0.6 is 7.37 Å². The Bertz CT molecular complexity index is 151. The van der Waals surface area contributed by atoms with E-state index >= 15 is 0 Å². The van der Waals surface area contributed by atoms with Crippen LogP contribution in [0.1, 0.15) is 39.5 Å². The quantitative estimate of drug-likeness (QED) is 0.656. The molecule has 0 bridgehead atoms. The van der Waals surface area contributed by atoms with Crippen LogP contribution in [-0.4, -0.2) is 17.7 Å². The van der Waals surface area contributed by atoms with Gasteiger partial charge in [0.05, 0.1) is 0 Å². The Morgan fingerprint density at radius 2 is 2.00 bits per heavy atom. The summed E-state index contributed by atoms with van der Waals surface area (Å²) in [7, 11) is -2.74. The molecule has 12 heavy (non-hydrogen) atoms. The second-order valence-corrected chi connectivity index (χ2v) is 6.36. The van der Waals surface area contributed by atoms with Gasteiger partial charge in [-0.3, -0.25) is 4.57 Å². The summed E-state index contributed by atoms with van der Waals surface area (Å²) in [6.45, 7) is 5.83. The maximum absolute atomic E-state index is 10.9. The van der Waals surface area contributed by atoms with E-state index in [4.69, 9.17) is 4.89 Å². The van der Waals surface area contributed by atoms with Crippen molar-refractivity contribution in [1.82, 2.24) is 0 Å². The van der Waals surface area contributed by atoms with E-state index in [-0.39, 0.29) is 0 Å². The van der Waals surface area contributed by atoms with Crippen LogP contribution in [0, 0.1) is 5.92 Å². The fraction of sp³-hybridized carbons (Fsp3) is 1.00. The van der Waals surface area contributed by atoms with Crippen LogP contribution in [0.5, 0.6) is 0 Å². The monoisotopic (exact) mass is 192 g/mol. The minimum Gasteiger partial charge on any atom is -0.344 e. The van der Waals surface area contributed by atoms with E-state index < -0.39 is 7.37 Å². The second-order valence-electron chi connectivity index (χ2n) is 3.81. The maximum Gasteiger partial charge on any atom is 0.197 e. The molecule has 0 aliphatic carbocycles. The molecule has 2 unspecified atom stereocenters. The molecule has 0 aliphatic rings. The molecule has 2 atom stereocenters. The summed E-state index contributed by atoms with van der Waals surface area (Å²) in [5, 5.41) is 0. The molecule has 0 spiro atoms. The van der Waals surface area contributed by atoms with Crippen LogP contribution in [0.25, 0.3) is 0 Å². The van der Waals surface area contributed by atoms with Gasteiger partial charge >= 0.3 is 0 Å². The summed E-state index contributed by atoms with van der Waals surface area (Å²) in [6.07, 6.45) is 4.92. The largest absolute Gasteiger partial charge is 0.344 e. The predicted molar refractivity (Wildman–Crippen MR) is 53.9 cm³/mol. The topological polar surface area (TPSA) is 37.3 Å². The number of hydrogen-bond donors (Lipinski definition) is 1. The Labute approximate surface area is 75.8 Å². The molecular weight excluding hydrogens is 171 g/mol. The average Bonchev–Trinajstić information content (AvgIpc) is 1.84. The SMILES string of the molecule is CCCC(C)CCCP(C)(=O)O. The molecular formula is C9H21O2P. The molecule has 0 fully saturated rings. The van der Waals surface area contributed by atoms with Crippen molar-refractivity contribution in [2.24, 2.45) is 5.92 Å².